The molecule has 0 saturated heterocycles. The minimum Gasteiger partial charge on any atom is -0.466 e. The highest BCUT2D eigenvalue weighted by molar-refractivity contribution is 5.76. The Balaban J connectivity index is 3.33. The van der Waals surface area contributed by atoms with Crippen molar-refractivity contribution in [3.8, 4) is 0 Å². The molecule has 0 aliphatic rings. The average Bonchev–Trinajstić information content (AvgIpc) is 3.48. The van der Waals surface area contributed by atoms with Gasteiger partial charge in [-0.1, -0.05) is 386 Å². The molecule has 0 bridgehead atoms. The Kier molecular flexibility index (Phi) is 70.8. The van der Waals surface area contributed by atoms with Gasteiger partial charge in [-0.05, 0) is 51.4 Å². The Labute approximate surface area is 514 Å². The Morgan fingerprint density at radius 2 is 0.573 bits per heavy atom. The van der Waals surface area contributed by atoms with Crippen LogP contribution in [0.4, 0.5) is 0 Å². The summed E-state index contributed by atoms with van der Waals surface area (Å²) < 4.78 is 5.50. The third-order valence-corrected chi connectivity index (χ3v) is 18.1. The number of aliphatic hydroxyl groups is 2. The van der Waals surface area contributed by atoms with E-state index in [1.54, 1.807) is 0 Å². The summed E-state index contributed by atoms with van der Waals surface area (Å²) in [5.41, 5.74) is 0. The van der Waals surface area contributed by atoms with Crippen LogP contribution in [0.1, 0.15) is 438 Å². The van der Waals surface area contributed by atoms with E-state index in [-0.39, 0.29) is 18.5 Å². The highest BCUT2D eigenvalue weighted by atomic mass is 16.5. The molecule has 0 fully saturated rings. The van der Waals surface area contributed by atoms with Gasteiger partial charge in [-0.2, -0.15) is 0 Å². The fourth-order valence-corrected chi connectivity index (χ4v) is 12.3. The number of unbranched alkanes of at least 4 members (excludes halogenated alkanes) is 59. The van der Waals surface area contributed by atoms with Crippen LogP contribution in [0.3, 0.4) is 0 Å². The lowest BCUT2D eigenvalue weighted by molar-refractivity contribution is -0.143. The van der Waals surface area contributed by atoms with Gasteiger partial charge in [-0.3, -0.25) is 9.59 Å². The van der Waals surface area contributed by atoms with Gasteiger partial charge in [0.1, 0.15) is 0 Å². The third-order valence-electron chi connectivity index (χ3n) is 18.1. The molecular weight excluding hydrogens is 1010 g/mol. The Morgan fingerprint density at radius 1 is 0.329 bits per heavy atom. The smallest absolute Gasteiger partial charge is 0.305 e. The van der Waals surface area contributed by atoms with E-state index in [9.17, 15) is 19.8 Å². The van der Waals surface area contributed by atoms with Gasteiger partial charge in [0.05, 0.1) is 25.4 Å². The minimum absolute atomic E-state index is 0.0227. The topological polar surface area (TPSA) is 95.9 Å². The van der Waals surface area contributed by atoms with Crippen LogP contribution in [-0.2, 0) is 14.3 Å². The van der Waals surface area contributed by atoms with Crippen molar-refractivity contribution in [1.82, 2.24) is 5.32 Å². The number of rotatable bonds is 72. The summed E-state index contributed by atoms with van der Waals surface area (Å²) >= 11 is 0. The van der Waals surface area contributed by atoms with Crippen LogP contribution in [0.5, 0.6) is 0 Å². The summed E-state index contributed by atoms with van der Waals surface area (Å²) in [5, 5.41) is 23.4. The second-order valence-electron chi connectivity index (χ2n) is 26.3. The van der Waals surface area contributed by atoms with E-state index in [1.807, 2.05) is 0 Å². The predicted molar refractivity (Wildman–Crippen MR) is 361 cm³/mol. The number of hydrogen-bond acceptors (Lipinski definition) is 5. The molecule has 3 N–H and O–H groups in total. The normalized spacial score (nSPS) is 12.5. The highest BCUT2D eigenvalue weighted by Crippen LogP contribution is 2.20. The number of hydrogen-bond donors (Lipinski definition) is 3. The lowest BCUT2D eigenvalue weighted by Gasteiger charge is -2.22. The number of esters is 1. The number of carbonyl (C=O) groups is 2. The molecule has 82 heavy (non-hydrogen) atoms. The second kappa shape index (κ2) is 72.1. The van der Waals surface area contributed by atoms with E-state index in [0.717, 1.165) is 38.5 Å². The number of carbonyl (C=O) groups excluding carboxylic acids is 2. The molecule has 0 heterocycles. The molecule has 0 aromatic rings. The molecule has 0 aromatic carbocycles. The minimum atomic E-state index is -0.662. The molecule has 2 unspecified atom stereocenters. The third kappa shape index (κ3) is 67.7. The molecule has 0 rings (SSSR count). The van der Waals surface area contributed by atoms with E-state index >= 15 is 0 Å². The van der Waals surface area contributed by atoms with E-state index in [4.69, 9.17) is 4.74 Å². The first-order chi connectivity index (χ1) is 40.5. The first kappa shape index (κ1) is 80.6. The number of nitrogens with one attached hydrogen (secondary N) is 1. The van der Waals surface area contributed by atoms with Gasteiger partial charge >= 0.3 is 5.97 Å². The van der Waals surface area contributed by atoms with E-state index < -0.39 is 12.1 Å². The van der Waals surface area contributed by atoms with Crippen LogP contribution in [0, 0.1) is 0 Å². The summed E-state index contributed by atoms with van der Waals surface area (Å²) in [6, 6.07) is -0.539. The first-order valence-electron chi connectivity index (χ1n) is 37.9. The second-order valence-corrected chi connectivity index (χ2v) is 26.3. The van der Waals surface area contributed by atoms with Gasteiger partial charge in [0, 0.05) is 12.8 Å². The van der Waals surface area contributed by atoms with Crippen LogP contribution in [0.25, 0.3) is 0 Å². The van der Waals surface area contributed by atoms with Crippen LogP contribution in [-0.4, -0.2) is 47.4 Å². The zero-order valence-corrected chi connectivity index (χ0v) is 56.0. The van der Waals surface area contributed by atoms with Crippen molar-refractivity contribution in [2.24, 2.45) is 0 Å². The molecule has 0 aliphatic carbocycles. The molecule has 0 radical (unpaired) electrons. The Hall–Kier alpha value is -1.40. The zero-order valence-electron chi connectivity index (χ0n) is 56.0. The molecule has 6 nitrogen and oxygen atoms in total. The number of aliphatic hydroxyl groups excluding tert-OH is 2. The van der Waals surface area contributed by atoms with Crippen molar-refractivity contribution >= 4 is 11.9 Å². The molecule has 0 saturated carbocycles. The van der Waals surface area contributed by atoms with Gasteiger partial charge in [0.15, 0.2) is 0 Å². The lowest BCUT2D eigenvalue weighted by Crippen LogP contribution is -2.45. The van der Waals surface area contributed by atoms with Gasteiger partial charge in [0.2, 0.25) is 5.91 Å². The molecule has 0 spiro atoms. The summed E-state index contributed by atoms with van der Waals surface area (Å²) in [6.07, 6.45) is 90.0. The molecule has 0 aromatic heterocycles. The highest BCUT2D eigenvalue weighted by Gasteiger charge is 2.20. The van der Waals surface area contributed by atoms with Crippen molar-refractivity contribution in [2.45, 2.75) is 450 Å². The van der Waals surface area contributed by atoms with Gasteiger partial charge < -0.3 is 20.3 Å². The zero-order chi connectivity index (χ0) is 59.2. The van der Waals surface area contributed by atoms with Crippen LogP contribution >= 0.6 is 0 Å². The fraction of sp³-hybridized carbons (Fsp3) is 0.947. The number of allylic oxidation sites excluding steroid dienone is 2. The molecular formula is C76H149NO5. The Morgan fingerprint density at radius 3 is 0.866 bits per heavy atom. The maximum absolute atomic E-state index is 12.5. The lowest BCUT2D eigenvalue weighted by atomic mass is 10.0. The molecule has 2 atom stereocenters. The summed E-state index contributed by atoms with van der Waals surface area (Å²) in [7, 11) is 0. The van der Waals surface area contributed by atoms with Gasteiger partial charge in [-0.25, -0.2) is 0 Å². The van der Waals surface area contributed by atoms with Crippen molar-refractivity contribution in [2.75, 3.05) is 13.2 Å². The summed E-state index contributed by atoms with van der Waals surface area (Å²) in [5.74, 6) is -0.00475. The van der Waals surface area contributed by atoms with Crippen molar-refractivity contribution in [3.63, 3.8) is 0 Å². The fourth-order valence-electron chi connectivity index (χ4n) is 12.3. The van der Waals surface area contributed by atoms with Crippen molar-refractivity contribution in [1.29, 1.82) is 0 Å². The van der Waals surface area contributed by atoms with Gasteiger partial charge in [-0.15, -0.1) is 0 Å². The van der Waals surface area contributed by atoms with Gasteiger partial charge in [0.25, 0.3) is 0 Å². The molecule has 488 valence electrons. The maximum atomic E-state index is 12.5. The summed E-state index contributed by atoms with van der Waals surface area (Å²) in [6.45, 7) is 5.01. The molecule has 1 amide bonds. The largest absolute Gasteiger partial charge is 0.466 e. The van der Waals surface area contributed by atoms with E-state index in [0.29, 0.717) is 25.9 Å². The molecule has 6 heteroatoms. The van der Waals surface area contributed by atoms with Crippen LogP contribution < -0.4 is 5.32 Å². The average molecular weight is 1160 g/mol. The predicted octanol–water partition coefficient (Wildman–Crippen LogP) is 24.7. The van der Waals surface area contributed by atoms with Crippen LogP contribution in [0.15, 0.2) is 12.2 Å². The SMILES string of the molecule is CCCCCCCCCCCCCCCCCCCC(O)C(CO)NC(=O)CCCCCCCCCCCCCCCCCCC/C=C\CCCCCCCCCCCCCCOC(=O)CCCCCCCCCCCCCCCCC. The number of amides is 1. The van der Waals surface area contributed by atoms with E-state index in [1.165, 1.54) is 366 Å². The van der Waals surface area contributed by atoms with Crippen LogP contribution in [0.2, 0.25) is 0 Å². The summed E-state index contributed by atoms with van der Waals surface area (Å²) in [4.78, 5) is 24.6. The van der Waals surface area contributed by atoms with Crippen molar-refractivity contribution < 1.29 is 24.5 Å². The standard InChI is InChI=1S/C76H149NO5/c1-3-5-7-9-11-13-15-17-19-37-41-44-48-52-56-60-64-68-74(79)73(72-78)77-75(80)69-65-61-57-53-49-45-42-38-35-33-31-29-27-25-23-21-20-22-24-26-28-30-32-34-36-39-43-47-51-55-59-63-67-71-82-76(81)70-66-62-58-54-50-46-40-18-16-14-12-10-8-6-4-2/h24,26,73-74,78-79H,3-23,25,27-72H2,1-2H3,(H,77,80)/b26-24-. The maximum Gasteiger partial charge on any atom is 0.305 e. The van der Waals surface area contributed by atoms with Crippen molar-refractivity contribution in [3.05, 3.63) is 12.2 Å². The first-order valence-corrected chi connectivity index (χ1v) is 37.9. The molecule has 0 aliphatic heterocycles. The quantitative estimate of drug-likeness (QED) is 0.0320. The van der Waals surface area contributed by atoms with E-state index in [2.05, 4.69) is 31.3 Å². The number of ether oxygens (including phenoxy) is 1. The Bertz CT molecular complexity index is 1240. The monoisotopic (exact) mass is 1160 g/mol.